The van der Waals surface area contributed by atoms with Crippen molar-refractivity contribution in [3.05, 3.63) is 24.3 Å². The number of rotatable bonds is 3. The van der Waals surface area contributed by atoms with Crippen LogP contribution in [0.5, 0.6) is 5.75 Å². The number of hydrogen-bond donors (Lipinski definition) is 1. The summed E-state index contributed by atoms with van der Waals surface area (Å²) in [6.07, 6.45) is 0. The molecule has 0 atom stereocenters. The lowest BCUT2D eigenvalue weighted by Crippen LogP contribution is -2.51. The minimum Gasteiger partial charge on any atom is -0.492 e. The van der Waals surface area contributed by atoms with Crippen LogP contribution >= 0.6 is 12.2 Å². The summed E-state index contributed by atoms with van der Waals surface area (Å²) < 4.78 is 5.69. The summed E-state index contributed by atoms with van der Waals surface area (Å²) in [6.45, 7) is 6.53. The Balaban J connectivity index is 2.03. The highest BCUT2D eigenvalue weighted by Crippen LogP contribution is 2.28. The molecule has 4 nitrogen and oxygen atoms in total. The van der Waals surface area contributed by atoms with Crippen molar-refractivity contribution >= 4 is 23.0 Å². The molecule has 0 bridgehead atoms. The first-order chi connectivity index (χ1) is 9.26. The summed E-state index contributed by atoms with van der Waals surface area (Å²) >= 11 is 5.27. The third-order valence-corrected chi connectivity index (χ3v) is 3.75. The smallest absolute Gasteiger partial charge is 0.168 e. The van der Waals surface area contributed by atoms with Gasteiger partial charge in [-0.15, -0.1) is 0 Å². The van der Waals surface area contributed by atoms with Crippen LogP contribution in [-0.4, -0.2) is 49.8 Å². The monoisotopic (exact) mass is 279 g/mol. The second-order valence-corrected chi connectivity index (χ2v) is 4.82. The van der Waals surface area contributed by atoms with Crippen LogP contribution in [0.1, 0.15) is 6.92 Å². The quantitative estimate of drug-likeness (QED) is 0.850. The number of nitrogens with one attached hydrogen (secondary N) is 1. The highest BCUT2D eigenvalue weighted by Gasteiger charge is 2.20. The van der Waals surface area contributed by atoms with Gasteiger partial charge in [0.1, 0.15) is 5.75 Å². The molecule has 5 heteroatoms. The highest BCUT2D eigenvalue weighted by atomic mass is 32.1. The van der Waals surface area contributed by atoms with Crippen molar-refractivity contribution in [2.75, 3.05) is 44.7 Å². The molecule has 1 saturated heterocycles. The first kappa shape index (κ1) is 13.9. The van der Waals surface area contributed by atoms with Crippen molar-refractivity contribution in [2.24, 2.45) is 0 Å². The van der Waals surface area contributed by atoms with Gasteiger partial charge in [-0.25, -0.2) is 0 Å². The van der Waals surface area contributed by atoms with Crippen molar-refractivity contribution < 1.29 is 4.74 Å². The zero-order valence-corrected chi connectivity index (χ0v) is 12.4. The lowest BCUT2D eigenvalue weighted by Gasteiger charge is -2.37. The van der Waals surface area contributed by atoms with Gasteiger partial charge in [0.05, 0.1) is 12.3 Å². The molecule has 1 aromatic carbocycles. The second kappa shape index (κ2) is 6.61. The lowest BCUT2D eigenvalue weighted by atomic mass is 10.2. The maximum Gasteiger partial charge on any atom is 0.168 e. The molecule has 0 radical (unpaired) electrons. The lowest BCUT2D eigenvalue weighted by molar-refractivity contribution is 0.336. The largest absolute Gasteiger partial charge is 0.492 e. The molecule has 19 heavy (non-hydrogen) atoms. The molecule has 1 aromatic rings. The fourth-order valence-electron chi connectivity index (χ4n) is 2.30. The Hall–Kier alpha value is -1.49. The van der Waals surface area contributed by atoms with Gasteiger partial charge in [-0.2, -0.15) is 0 Å². The van der Waals surface area contributed by atoms with E-state index in [0.717, 1.165) is 37.0 Å². The molecular formula is C14H21N3OS. The number of nitrogens with zero attached hydrogens (tertiary/aromatic N) is 2. The molecule has 1 N–H and O–H groups in total. The van der Waals surface area contributed by atoms with Crippen LogP contribution in [0.2, 0.25) is 0 Å². The van der Waals surface area contributed by atoms with Crippen molar-refractivity contribution in [2.45, 2.75) is 6.92 Å². The van der Waals surface area contributed by atoms with Gasteiger partial charge >= 0.3 is 0 Å². The predicted molar refractivity (Wildman–Crippen MR) is 83.1 cm³/mol. The van der Waals surface area contributed by atoms with Crippen LogP contribution in [0.15, 0.2) is 24.3 Å². The summed E-state index contributed by atoms with van der Waals surface area (Å²) in [5.74, 6) is 0.967. The molecule has 104 valence electrons. The minimum absolute atomic E-state index is 0.695. The summed E-state index contributed by atoms with van der Waals surface area (Å²) in [5.41, 5.74) is 1.18. The Bertz CT molecular complexity index is 430. The predicted octanol–water partition coefficient (Wildman–Crippen LogP) is 1.71. The van der Waals surface area contributed by atoms with Gasteiger partial charge in [0.2, 0.25) is 0 Å². The van der Waals surface area contributed by atoms with E-state index < -0.39 is 0 Å². The molecule has 0 aliphatic carbocycles. The van der Waals surface area contributed by atoms with Crippen molar-refractivity contribution in [1.29, 1.82) is 0 Å². The van der Waals surface area contributed by atoms with E-state index in [4.69, 9.17) is 17.0 Å². The van der Waals surface area contributed by atoms with E-state index in [1.165, 1.54) is 5.69 Å². The minimum atomic E-state index is 0.695. The second-order valence-electron chi connectivity index (χ2n) is 4.43. The third-order valence-electron chi connectivity index (χ3n) is 3.29. The molecule has 0 aromatic heterocycles. The zero-order valence-electron chi connectivity index (χ0n) is 11.6. The van der Waals surface area contributed by atoms with E-state index >= 15 is 0 Å². The fourth-order valence-corrected chi connectivity index (χ4v) is 2.49. The molecule has 0 amide bonds. The van der Waals surface area contributed by atoms with Gasteiger partial charge < -0.3 is 19.9 Å². The summed E-state index contributed by atoms with van der Waals surface area (Å²) in [6, 6.07) is 8.23. The van der Waals surface area contributed by atoms with Gasteiger partial charge in [0, 0.05) is 33.2 Å². The molecule has 0 spiro atoms. The number of anilines is 1. The normalized spacial score (nSPS) is 15.3. The van der Waals surface area contributed by atoms with Gasteiger partial charge in [0.25, 0.3) is 0 Å². The molecular weight excluding hydrogens is 258 g/mol. The van der Waals surface area contributed by atoms with Crippen LogP contribution in [0.25, 0.3) is 0 Å². The number of ether oxygens (including phenoxy) is 1. The van der Waals surface area contributed by atoms with Crippen molar-refractivity contribution in [1.82, 2.24) is 10.2 Å². The summed E-state index contributed by atoms with van der Waals surface area (Å²) in [7, 11) is 1.87. The van der Waals surface area contributed by atoms with Crippen LogP contribution < -0.4 is 15.0 Å². The topological polar surface area (TPSA) is 27.7 Å². The van der Waals surface area contributed by atoms with E-state index in [-0.39, 0.29) is 0 Å². The molecule has 1 heterocycles. The number of para-hydroxylation sites is 2. The van der Waals surface area contributed by atoms with Gasteiger partial charge in [0.15, 0.2) is 5.11 Å². The van der Waals surface area contributed by atoms with E-state index in [0.29, 0.717) is 6.61 Å². The number of piperazine rings is 1. The number of hydrogen-bond acceptors (Lipinski definition) is 3. The van der Waals surface area contributed by atoms with E-state index in [2.05, 4.69) is 27.2 Å². The Morgan fingerprint density at radius 2 is 1.95 bits per heavy atom. The molecule has 1 aliphatic heterocycles. The molecule has 1 fully saturated rings. The van der Waals surface area contributed by atoms with Crippen LogP contribution in [-0.2, 0) is 0 Å². The van der Waals surface area contributed by atoms with Crippen LogP contribution in [0.3, 0.4) is 0 Å². The average Bonchev–Trinajstić information content (AvgIpc) is 2.47. The SMILES string of the molecule is CCOc1ccccc1N1CCN(C(=S)NC)CC1. The molecule has 1 aliphatic rings. The first-order valence-corrected chi connectivity index (χ1v) is 7.10. The van der Waals surface area contributed by atoms with Crippen LogP contribution in [0.4, 0.5) is 5.69 Å². The standard InChI is InChI=1S/C14H21N3OS/c1-3-18-13-7-5-4-6-12(13)16-8-10-17(11-9-16)14(19)15-2/h4-7H,3,8-11H2,1-2H3,(H,15,19). The van der Waals surface area contributed by atoms with Gasteiger partial charge in [-0.05, 0) is 31.3 Å². The highest BCUT2D eigenvalue weighted by molar-refractivity contribution is 7.80. The molecule has 0 unspecified atom stereocenters. The third kappa shape index (κ3) is 3.29. The van der Waals surface area contributed by atoms with E-state index in [1.807, 2.05) is 26.1 Å². The van der Waals surface area contributed by atoms with E-state index in [9.17, 15) is 0 Å². The van der Waals surface area contributed by atoms with Crippen molar-refractivity contribution in [3.8, 4) is 5.75 Å². The van der Waals surface area contributed by atoms with Crippen LogP contribution in [0, 0.1) is 0 Å². The average molecular weight is 279 g/mol. The van der Waals surface area contributed by atoms with Crippen molar-refractivity contribution in [3.63, 3.8) is 0 Å². The fraction of sp³-hybridized carbons (Fsp3) is 0.500. The first-order valence-electron chi connectivity index (χ1n) is 6.69. The summed E-state index contributed by atoms with van der Waals surface area (Å²) in [4.78, 5) is 4.56. The maximum atomic E-state index is 5.69. The Morgan fingerprint density at radius 3 is 2.58 bits per heavy atom. The number of thiocarbonyl (C=S) groups is 1. The maximum absolute atomic E-state index is 5.69. The zero-order chi connectivity index (χ0) is 13.7. The Labute approximate surface area is 120 Å². The van der Waals surface area contributed by atoms with Gasteiger partial charge in [-0.1, -0.05) is 12.1 Å². The van der Waals surface area contributed by atoms with E-state index in [1.54, 1.807) is 0 Å². The number of benzene rings is 1. The Kier molecular flexibility index (Phi) is 4.85. The molecule has 2 rings (SSSR count). The summed E-state index contributed by atoms with van der Waals surface area (Å²) in [5, 5.41) is 3.87. The van der Waals surface area contributed by atoms with Gasteiger partial charge in [-0.3, -0.25) is 0 Å². The Morgan fingerprint density at radius 1 is 1.26 bits per heavy atom. The molecule has 0 saturated carbocycles.